The first-order valence-electron chi connectivity index (χ1n) is 8.27. The molecule has 2 aromatic rings. The minimum Gasteiger partial charge on any atom is -0.473 e. The third-order valence-electron chi connectivity index (χ3n) is 4.25. The molecule has 2 heterocycles. The van der Waals surface area contributed by atoms with Gasteiger partial charge in [0.15, 0.2) is 0 Å². The van der Waals surface area contributed by atoms with E-state index < -0.39 is 17.6 Å². The zero-order valence-corrected chi connectivity index (χ0v) is 14.2. The Kier molecular flexibility index (Phi) is 5.11. The quantitative estimate of drug-likeness (QED) is 0.836. The van der Waals surface area contributed by atoms with Gasteiger partial charge in [0, 0.05) is 32.0 Å². The van der Waals surface area contributed by atoms with Crippen LogP contribution in [0.5, 0.6) is 5.88 Å². The molecule has 0 radical (unpaired) electrons. The van der Waals surface area contributed by atoms with Gasteiger partial charge in [0.2, 0.25) is 5.88 Å². The predicted octanol–water partition coefficient (Wildman–Crippen LogP) is 3.49. The van der Waals surface area contributed by atoms with E-state index in [1.165, 1.54) is 23.1 Å². The van der Waals surface area contributed by atoms with E-state index in [4.69, 9.17) is 4.74 Å². The molecule has 1 aliphatic heterocycles. The summed E-state index contributed by atoms with van der Waals surface area (Å²) >= 11 is 0. The van der Waals surface area contributed by atoms with E-state index in [1.54, 1.807) is 12.1 Å². The van der Waals surface area contributed by atoms with Crippen LogP contribution in [0, 0.1) is 6.92 Å². The molecule has 1 fully saturated rings. The standard InChI is InChI=1S/C18H18F3N3O2/c1-12-6-7-16(23-22-12)26-13-8-10-24(11-9-13)17(25)14-4-2-3-5-15(14)18(19,20)21/h2-7,13H,8-11H2,1H3. The van der Waals surface area contributed by atoms with Crippen LogP contribution in [0.2, 0.25) is 0 Å². The van der Waals surface area contributed by atoms with E-state index in [-0.39, 0.29) is 11.7 Å². The maximum Gasteiger partial charge on any atom is 0.417 e. The average Bonchev–Trinajstić information content (AvgIpc) is 2.63. The summed E-state index contributed by atoms with van der Waals surface area (Å²) in [6.07, 6.45) is -3.66. The van der Waals surface area contributed by atoms with Gasteiger partial charge in [-0.05, 0) is 25.1 Å². The lowest BCUT2D eigenvalue weighted by molar-refractivity contribution is -0.138. The number of hydrogen-bond donors (Lipinski definition) is 0. The SMILES string of the molecule is Cc1ccc(OC2CCN(C(=O)c3ccccc3C(F)(F)F)CC2)nn1. The third kappa shape index (κ3) is 4.12. The molecular formula is C18H18F3N3O2. The molecule has 0 unspecified atom stereocenters. The number of rotatable bonds is 3. The number of ether oxygens (including phenoxy) is 1. The molecule has 138 valence electrons. The Hall–Kier alpha value is -2.64. The van der Waals surface area contributed by atoms with Gasteiger partial charge in [-0.1, -0.05) is 12.1 Å². The van der Waals surface area contributed by atoms with E-state index in [0.717, 1.165) is 11.8 Å². The molecule has 5 nitrogen and oxygen atoms in total. The topological polar surface area (TPSA) is 55.3 Å². The van der Waals surface area contributed by atoms with Crippen molar-refractivity contribution in [2.45, 2.75) is 32.0 Å². The van der Waals surface area contributed by atoms with Gasteiger partial charge >= 0.3 is 6.18 Å². The van der Waals surface area contributed by atoms with Crippen molar-refractivity contribution in [1.29, 1.82) is 0 Å². The lowest BCUT2D eigenvalue weighted by Crippen LogP contribution is -2.42. The molecule has 3 rings (SSSR count). The fraction of sp³-hybridized carbons (Fsp3) is 0.389. The first kappa shape index (κ1) is 18.2. The Morgan fingerprint density at radius 3 is 2.42 bits per heavy atom. The largest absolute Gasteiger partial charge is 0.473 e. The number of alkyl halides is 3. The maximum absolute atomic E-state index is 13.1. The summed E-state index contributed by atoms with van der Waals surface area (Å²) in [5.41, 5.74) is -0.442. The number of piperidine rings is 1. The Morgan fingerprint density at radius 1 is 1.12 bits per heavy atom. The number of halogens is 3. The lowest BCUT2D eigenvalue weighted by atomic mass is 10.0. The number of aromatic nitrogens is 2. The lowest BCUT2D eigenvalue weighted by Gasteiger charge is -2.32. The van der Waals surface area contributed by atoms with Crippen molar-refractivity contribution in [3.63, 3.8) is 0 Å². The smallest absolute Gasteiger partial charge is 0.417 e. The van der Waals surface area contributed by atoms with Crippen LogP contribution in [0.3, 0.4) is 0 Å². The summed E-state index contributed by atoms with van der Waals surface area (Å²) in [4.78, 5) is 14.0. The number of carbonyl (C=O) groups excluding carboxylic acids is 1. The van der Waals surface area contributed by atoms with Crippen molar-refractivity contribution in [1.82, 2.24) is 15.1 Å². The zero-order valence-electron chi connectivity index (χ0n) is 14.2. The Labute approximate surface area is 148 Å². The number of aryl methyl sites for hydroxylation is 1. The van der Waals surface area contributed by atoms with Crippen LogP contribution in [0.25, 0.3) is 0 Å². The molecule has 1 aliphatic rings. The molecule has 1 aromatic heterocycles. The zero-order chi connectivity index (χ0) is 18.7. The molecule has 1 amide bonds. The monoisotopic (exact) mass is 365 g/mol. The van der Waals surface area contributed by atoms with Crippen LogP contribution >= 0.6 is 0 Å². The molecule has 0 saturated carbocycles. The number of amides is 1. The normalized spacial score (nSPS) is 15.8. The summed E-state index contributed by atoms with van der Waals surface area (Å²) in [5.74, 6) is -0.200. The average molecular weight is 365 g/mol. The highest BCUT2D eigenvalue weighted by Gasteiger charge is 2.36. The van der Waals surface area contributed by atoms with Gasteiger partial charge in [0.05, 0.1) is 16.8 Å². The third-order valence-corrected chi connectivity index (χ3v) is 4.25. The van der Waals surface area contributed by atoms with Crippen molar-refractivity contribution in [2.24, 2.45) is 0 Å². The van der Waals surface area contributed by atoms with Crippen molar-refractivity contribution in [2.75, 3.05) is 13.1 Å². The van der Waals surface area contributed by atoms with Crippen LogP contribution in [0.4, 0.5) is 13.2 Å². The molecule has 0 bridgehead atoms. The fourth-order valence-corrected chi connectivity index (χ4v) is 2.88. The summed E-state index contributed by atoms with van der Waals surface area (Å²) in [6.45, 7) is 2.48. The van der Waals surface area contributed by atoms with E-state index in [1.807, 2.05) is 6.92 Å². The number of benzene rings is 1. The Balaban J connectivity index is 1.63. The second-order valence-electron chi connectivity index (χ2n) is 6.17. The molecule has 26 heavy (non-hydrogen) atoms. The van der Waals surface area contributed by atoms with Gasteiger partial charge in [0.25, 0.3) is 5.91 Å². The van der Waals surface area contributed by atoms with Crippen molar-refractivity contribution >= 4 is 5.91 Å². The molecule has 8 heteroatoms. The molecule has 1 saturated heterocycles. The Morgan fingerprint density at radius 2 is 1.81 bits per heavy atom. The molecule has 0 atom stereocenters. The van der Waals surface area contributed by atoms with E-state index in [9.17, 15) is 18.0 Å². The summed E-state index contributed by atoms with van der Waals surface area (Å²) in [7, 11) is 0. The maximum atomic E-state index is 13.1. The highest BCUT2D eigenvalue weighted by Crippen LogP contribution is 2.32. The number of likely N-dealkylation sites (tertiary alicyclic amines) is 1. The molecule has 0 spiro atoms. The summed E-state index contributed by atoms with van der Waals surface area (Å²) in [5, 5.41) is 7.85. The van der Waals surface area contributed by atoms with Crippen LogP contribution in [0.1, 0.15) is 34.5 Å². The van der Waals surface area contributed by atoms with Crippen LogP contribution < -0.4 is 4.74 Å². The van der Waals surface area contributed by atoms with Gasteiger partial charge in [-0.25, -0.2) is 0 Å². The van der Waals surface area contributed by atoms with Crippen LogP contribution in [0.15, 0.2) is 36.4 Å². The van der Waals surface area contributed by atoms with Crippen LogP contribution in [-0.4, -0.2) is 40.2 Å². The minimum absolute atomic E-state index is 0.145. The Bertz CT molecular complexity index is 770. The molecular weight excluding hydrogens is 347 g/mol. The van der Waals surface area contributed by atoms with Gasteiger partial charge in [-0.2, -0.15) is 18.3 Å². The molecule has 0 aliphatic carbocycles. The highest BCUT2D eigenvalue weighted by molar-refractivity contribution is 5.96. The number of carbonyl (C=O) groups is 1. The fourth-order valence-electron chi connectivity index (χ4n) is 2.88. The van der Waals surface area contributed by atoms with Gasteiger partial charge in [-0.3, -0.25) is 4.79 Å². The van der Waals surface area contributed by atoms with Crippen LogP contribution in [-0.2, 0) is 6.18 Å². The van der Waals surface area contributed by atoms with Gasteiger partial charge in [-0.15, -0.1) is 5.10 Å². The number of nitrogens with zero attached hydrogens (tertiary/aromatic N) is 3. The number of hydrogen-bond acceptors (Lipinski definition) is 4. The summed E-state index contributed by atoms with van der Waals surface area (Å²) in [6, 6.07) is 8.37. The van der Waals surface area contributed by atoms with E-state index in [0.29, 0.717) is 31.8 Å². The van der Waals surface area contributed by atoms with Crippen molar-refractivity contribution in [3.05, 3.63) is 53.2 Å². The second kappa shape index (κ2) is 7.31. The van der Waals surface area contributed by atoms with E-state index >= 15 is 0 Å². The second-order valence-corrected chi connectivity index (χ2v) is 6.17. The van der Waals surface area contributed by atoms with Crippen molar-refractivity contribution in [3.8, 4) is 5.88 Å². The first-order valence-corrected chi connectivity index (χ1v) is 8.27. The summed E-state index contributed by atoms with van der Waals surface area (Å²) < 4.78 is 45.0. The van der Waals surface area contributed by atoms with Gasteiger partial charge in [0.1, 0.15) is 6.10 Å². The van der Waals surface area contributed by atoms with E-state index in [2.05, 4.69) is 10.2 Å². The molecule has 1 aromatic carbocycles. The van der Waals surface area contributed by atoms with Crippen molar-refractivity contribution < 1.29 is 22.7 Å². The molecule has 0 N–H and O–H groups in total. The highest BCUT2D eigenvalue weighted by atomic mass is 19.4. The minimum atomic E-state index is -4.56. The predicted molar refractivity (Wildman–Crippen MR) is 87.8 cm³/mol. The first-order chi connectivity index (χ1) is 12.3. The van der Waals surface area contributed by atoms with Gasteiger partial charge < -0.3 is 9.64 Å².